The summed E-state index contributed by atoms with van der Waals surface area (Å²) in [6.45, 7) is 1.13. The number of piperidine rings is 1. The van der Waals surface area contributed by atoms with E-state index in [1.54, 1.807) is 0 Å². The molecule has 1 saturated heterocycles. The number of nitrogens with one attached hydrogen (secondary N) is 3. The van der Waals surface area contributed by atoms with Crippen LogP contribution in [0, 0.1) is 0 Å². The van der Waals surface area contributed by atoms with Gasteiger partial charge in [-0.1, -0.05) is 37.1 Å². The van der Waals surface area contributed by atoms with Crippen LogP contribution in [0.4, 0.5) is 11.4 Å². The number of hydrogen-bond acceptors (Lipinski definition) is 8. The highest BCUT2D eigenvalue weighted by molar-refractivity contribution is 6.24. The van der Waals surface area contributed by atoms with Crippen molar-refractivity contribution in [3.05, 3.63) is 83.4 Å². The standard InChI is InChI=1S/C34H33N5O7/c40-29-16-15-26(32(43)37-29)39-33(44)22-14-13-21(19-23(22)34(39)45)31(42)36-18-8-2-1-7-17-35-30(41)20-38-24-9-3-5-11-27(24)46-28-12-6-4-10-25(28)38/h3-6,9-14,19,26H,1-2,7-8,15-18,20H2,(H,35,41)(H,36,42)(H,37,40,43). The van der Waals surface area contributed by atoms with Gasteiger partial charge in [-0.2, -0.15) is 0 Å². The van der Waals surface area contributed by atoms with Gasteiger partial charge in [-0.15, -0.1) is 0 Å². The first-order chi connectivity index (χ1) is 22.3. The fourth-order valence-corrected chi connectivity index (χ4v) is 5.90. The Morgan fingerprint density at radius 2 is 1.41 bits per heavy atom. The minimum atomic E-state index is -1.06. The summed E-state index contributed by atoms with van der Waals surface area (Å²) in [5.41, 5.74) is 2.10. The van der Waals surface area contributed by atoms with Crippen LogP contribution in [0.2, 0.25) is 0 Å². The van der Waals surface area contributed by atoms with E-state index >= 15 is 0 Å². The van der Waals surface area contributed by atoms with Crippen LogP contribution in [0.3, 0.4) is 0 Å². The van der Waals surface area contributed by atoms with E-state index in [0.29, 0.717) is 24.6 Å². The average Bonchev–Trinajstić information content (AvgIpc) is 3.30. The van der Waals surface area contributed by atoms with Gasteiger partial charge >= 0.3 is 0 Å². The molecule has 1 unspecified atom stereocenters. The Morgan fingerprint density at radius 1 is 0.783 bits per heavy atom. The summed E-state index contributed by atoms with van der Waals surface area (Å²) in [5.74, 6) is -1.45. The lowest BCUT2D eigenvalue weighted by atomic mass is 10.0. The van der Waals surface area contributed by atoms with Crippen LogP contribution in [-0.2, 0) is 14.4 Å². The first kappa shape index (κ1) is 30.5. The van der Waals surface area contributed by atoms with Gasteiger partial charge in [0.05, 0.1) is 22.5 Å². The molecule has 0 aromatic heterocycles. The molecule has 3 N–H and O–H groups in total. The highest BCUT2D eigenvalue weighted by Gasteiger charge is 2.44. The van der Waals surface area contributed by atoms with Gasteiger partial charge in [0, 0.05) is 25.1 Å². The summed E-state index contributed by atoms with van der Waals surface area (Å²) in [6.07, 6.45) is 3.33. The number of para-hydroxylation sites is 4. The van der Waals surface area contributed by atoms with E-state index in [-0.39, 0.29) is 47.9 Å². The zero-order valence-corrected chi connectivity index (χ0v) is 25.0. The molecule has 0 saturated carbocycles. The number of carbonyl (C=O) groups is 6. The van der Waals surface area contributed by atoms with E-state index in [4.69, 9.17) is 4.74 Å². The number of unbranched alkanes of at least 4 members (excludes halogenated alkanes) is 3. The molecule has 12 nitrogen and oxygen atoms in total. The van der Waals surface area contributed by atoms with Crippen molar-refractivity contribution in [3.63, 3.8) is 0 Å². The molecule has 6 amide bonds. The van der Waals surface area contributed by atoms with Gasteiger partial charge < -0.3 is 20.3 Å². The number of nitrogens with zero attached hydrogens (tertiary/aromatic N) is 2. The van der Waals surface area contributed by atoms with Crippen molar-refractivity contribution >= 4 is 46.8 Å². The predicted octanol–water partition coefficient (Wildman–Crippen LogP) is 3.44. The molecular weight excluding hydrogens is 590 g/mol. The van der Waals surface area contributed by atoms with E-state index in [2.05, 4.69) is 16.0 Å². The van der Waals surface area contributed by atoms with E-state index < -0.39 is 29.7 Å². The number of carbonyl (C=O) groups excluding carboxylic acids is 6. The van der Waals surface area contributed by atoms with Crippen molar-refractivity contribution in [2.45, 2.75) is 44.6 Å². The number of fused-ring (bicyclic) bond motifs is 3. The molecule has 12 heteroatoms. The topological polar surface area (TPSA) is 154 Å². The predicted molar refractivity (Wildman–Crippen MR) is 167 cm³/mol. The van der Waals surface area contributed by atoms with Crippen LogP contribution < -0.4 is 25.6 Å². The molecule has 3 aliphatic heterocycles. The third-order valence-corrected chi connectivity index (χ3v) is 8.25. The van der Waals surface area contributed by atoms with Crippen molar-refractivity contribution in [2.75, 3.05) is 24.5 Å². The van der Waals surface area contributed by atoms with Gasteiger partial charge in [0.1, 0.15) is 12.6 Å². The van der Waals surface area contributed by atoms with E-state index in [9.17, 15) is 28.8 Å². The van der Waals surface area contributed by atoms with Crippen molar-refractivity contribution in [2.24, 2.45) is 0 Å². The second-order valence-electron chi connectivity index (χ2n) is 11.4. The summed E-state index contributed by atoms with van der Waals surface area (Å²) >= 11 is 0. The smallest absolute Gasteiger partial charge is 0.262 e. The molecule has 3 aliphatic rings. The highest BCUT2D eigenvalue weighted by Crippen LogP contribution is 2.45. The van der Waals surface area contributed by atoms with Crippen molar-refractivity contribution < 1.29 is 33.5 Å². The largest absolute Gasteiger partial charge is 0.453 e. The number of hydrogen-bond donors (Lipinski definition) is 3. The van der Waals surface area contributed by atoms with E-state index in [0.717, 1.165) is 42.0 Å². The van der Waals surface area contributed by atoms with Crippen LogP contribution in [0.15, 0.2) is 66.7 Å². The summed E-state index contributed by atoms with van der Waals surface area (Å²) in [7, 11) is 0. The SMILES string of the molecule is O=C(CN1c2ccccc2Oc2ccccc21)NCCCCCCNC(=O)c1ccc2c(c1)C(=O)N(C1CCC(=O)NC1=O)C2=O. The second-order valence-corrected chi connectivity index (χ2v) is 11.4. The quantitative estimate of drug-likeness (QED) is 0.217. The van der Waals surface area contributed by atoms with Gasteiger partial charge in [0.25, 0.3) is 17.7 Å². The molecule has 0 spiro atoms. The Bertz CT molecular complexity index is 1690. The van der Waals surface area contributed by atoms with Gasteiger partial charge in [0.2, 0.25) is 17.7 Å². The molecule has 3 heterocycles. The molecule has 0 aliphatic carbocycles. The fourth-order valence-electron chi connectivity index (χ4n) is 5.90. The number of imide groups is 2. The van der Waals surface area contributed by atoms with Crippen LogP contribution in [0.5, 0.6) is 11.5 Å². The Labute approximate surface area is 265 Å². The van der Waals surface area contributed by atoms with Crippen LogP contribution in [0.25, 0.3) is 0 Å². The van der Waals surface area contributed by atoms with Crippen LogP contribution in [-0.4, -0.2) is 66.0 Å². The Hall–Kier alpha value is -5.52. The Balaban J connectivity index is 0.911. The first-order valence-electron chi connectivity index (χ1n) is 15.4. The maximum atomic E-state index is 13.0. The van der Waals surface area contributed by atoms with Gasteiger partial charge in [0.15, 0.2) is 11.5 Å². The number of benzene rings is 3. The molecule has 3 aromatic rings. The van der Waals surface area contributed by atoms with E-state index in [1.165, 1.54) is 18.2 Å². The first-order valence-corrected chi connectivity index (χ1v) is 15.4. The normalized spacial score (nSPS) is 16.7. The molecular formula is C34H33N5O7. The Morgan fingerprint density at radius 3 is 2.09 bits per heavy atom. The molecule has 0 bridgehead atoms. The van der Waals surface area contributed by atoms with Gasteiger partial charge in [-0.25, -0.2) is 0 Å². The molecule has 1 fully saturated rings. The van der Waals surface area contributed by atoms with E-state index in [1.807, 2.05) is 53.4 Å². The maximum Gasteiger partial charge on any atom is 0.262 e. The number of rotatable bonds is 11. The van der Waals surface area contributed by atoms with Gasteiger partial charge in [-0.3, -0.25) is 39.0 Å². The fraction of sp³-hybridized carbons (Fsp3) is 0.294. The number of anilines is 2. The number of amides is 6. The van der Waals surface area contributed by atoms with Crippen LogP contribution in [0.1, 0.15) is 69.6 Å². The molecule has 46 heavy (non-hydrogen) atoms. The monoisotopic (exact) mass is 623 g/mol. The molecule has 0 radical (unpaired) electrons. The third-order valence-electron chi connectivity index (χ3n) is 8.25. The minimum Gasteiger partial charge on any atom is -0.453 e. The minimum absolute atomic E-state index is 0.0337. The lowest BCUT2D eigenvalue weighted by Gasteiger charge is -2.32. The lowest BCUT2D eigenvalue weighted by molar-refractivity contribution is -0.136. The van der Waals surface area contributed by atoms with Crippen LogP contribution >= 0.6 is 0 Å². The summed E-state index contributed by atoms with van der Waals surface area (Å²) in [5, 5.41) is 7.99. The molecule has 1 atom stereocenters. The van der Waals surface area contributed by atoms with Crippen molar-refractivity contribution in [3.8, 4) is 11.5 Å². The molecule has 6 rings (SSSR count). The van der Waals surface area contributed by atoms with Gasteiger partial charge in [-0.05, 0) is 61.7 Å². The summed E-state index contributed by atoms with van der Waals surface area (Å²) in [4.78, 5) is 78.0. The summed E-state index contributed by atoms with van der Waals surface area (Å²) in [6, 6.07) is 18.4. The summed E-state index contributed by atoms with van der Waals surface area (Å²) < 4.78 is 5.98. The average molecular weight is 624 g/mol. The third kappa shape index (κ3) is 6.19. The molecule has 3 aromatic carbocycles. The zero-order valence-electron chi connectivity index (χ0n) is 25.0. The molecule has 236 valence electrons. The maximum absolute atomic E-state index is 13.0. The van der Waals surface area contributed by atoms with Crippen molar-refractivity contribution in [1.82, 2.24) is 20.9 Å². The highest BCUT2D eigenvalue weighted by atomic mass is 16.5. The lowest BCUT2D eigenvalue weighted by Crippen LogP contribution is -2.54. The van der Waals surface area contributed by atoms with Crippen molar-refractivity contribution in [1.29, 1.82) is 0 Å². The number of ether oxygens (including phenoxy) is 1. The Kier molecular flexibility index (Phi) is 8.77. The second kappa shape index (κ2) is 13.2. The zero-order chi connectivity index (χ0) is 32.2.